The number of nitrogens with one attached hydrogen (secondary N) is 1. The molecule has 0 aliphatic carbocycles. The Bertz CT molecular complexity index is 594. The van der Waals surface area contributed by atoms with Crippen molar-refractivity contribution in [2.45, 2.75) is 0 Å². The highest BCUT2D eigenvalue weighted by atomic mass is 16.6. The summed E-state index contributed by atoms with van der Waals surface area (Å²) < 4.78 is 4.55. The van der Waals surface area contributed by atoms with Gasteiger partial charge in [-0.1, -0.05) is 5.16 Å². The van der Waals surface area contributed by atoms with E-state index in [1.54, 1.807) is 0 Å². The van der Waals surface area contributed by atoms with Gasteiger partial charge in [0.25, 0.3) is 11.6 Å². The molecule has 92 valence electrons. The number of amides is 1. The molecule has 1 aromatic heterocycles. The number of nitrogens with zero attached hydrogens (tertiary/aromatic N) is 2. The smallest absolute Gasteiger partial charge is 0.292 e. The van der Waals surface area contributed by atoms with Crippen LogP contribution >= 0.6 is 0 Å². The first-order valence-corrected chi connectivity index (χ1v) is 4.82. The zero-order valence-electron chi connectivity index (χ0n) is 8.99. The van der Waals surface area contributed by atoms with E-state index in [0.29, 0.717) is 5.69 Å². The minimum Gasteiger partial charge on any atom is -0.393 e. The molecule has 0 bridgehead atoms. The lowest BCUT2D eigenvalue weighted by Gasteiger charge is -2.03. The molecule has 1 amide bonds. The number of nitro benzene ring substituents is 1. The van der Waals surface area contributed by atoms with Crippen molar-refractivity contribution in [1.29, 1.82) is 0 Å². The van der Waals surface area contributed by atoms with Crippen LogP contribution in [-0.2, 0) is 0 Å². The highest BCUT2D eigenvalue weighted by Crippen LogP contribution is 2.22. The van der Waals surface area contributed by atoms with Gasteiger partial charge in [-0.2, -0.15) is 0 Å². The van der Waals surface area contributed by atoms with E-state index >= 15 is 0 Å². The number of benzene rings is 1. The van der Waals surface area contributed by atoms with Gasteiger partial charge < -0.3 is 15.6 Å². The molecule has 0 saturated carbocycles. The summed E-state index contributed by atoms with van der Waals surface area (Å²) in [6, 6.07) is 3.73. The lowest BCUT2D eigenvalue weighted by Crippen LogP contribution is -2.12. The van der Waals surface area contributed by atoms with Gasteiger partial charge in [-0.15, -0.1) is 0 Å². The summed E-state index contributed by atoms with van der Waals surface area (Å²) in [7, 11) is 0. The Kier molecular flexibility index (Phi) is 2.92. The molecule has 2 rings (SSSR count). The quantitative estimate of drug-likeness (QED) is 0.480. The molecule has 0 unspecified atom stereocenters. The predicted molar refractivity (Wildman–Crippen MR) is 62.0 cm³/mol. The summed E-state index contributed by atoms with van der Waals surface area (Å²) in [5.41, 5.74) is 5.76. The van der Waals surface area contributed by atoms with Gasteiger partial charge in [0, 0.05) is 11.6 Å². The number of nitro groups is 1. The number of nitrogens with two attached hydrogens (primary N) is 1. The van der Waals surface area contributed by atoms with Gasteiger partial charge in [-0.25, -0.2) is 0 Å². The molecule has 0 aliphatic heterocycles. The van der Waals surface area contributed by atoms with E-state index in [1.807, 2.05) is 0 Å². The molecule has 1 heterocycles. The van der Waals surface area contributed by atoms with E-state index in [-0.39, 0.29) is 16.9 Å². The molecule has 18 heavy (non-hydrogen) atoms. The molecular weight excluding hydrogens is 240 g/mol. The average molecular weight is 248 g/mol. The van der Waals surface area contributed by atoms with Crippen LogP contribution in [0.4, 0.5) is 17.1 Å². The number of carbonyl (C=O) groups excluding carboxylic acids is 1. The number of hydrogen-bond donors (Lipinski definition) is 2. The third-order valence-electron chi connectivity index (χ3n) is 2.18. The second-order valence-corrected chi connectivity index (χ2v) is 3.40. The van der Waals surface area contributed by atoms with E-state index in [1.165, 1.54) is 30.7 Å². The van der Waals surface area contributed by atoms with Crippen LogP contribution in [0.3, 0.4) is 0 Å². The molecular formula is C10H8N4O4. The number of hydrogen-bond acceptors (Lipinski definition) is 6. The second kappa shape index (κ2) is 4.53. The van der Waals surface area contributed by atoms with Crippen LogP contribution in [0.2, 0.25) is 0 Å². The molecule has 2 aromatic rings. The number of rotatable bonds is 3. The number of anilines is 2. The summed E-state index contributed by atoms with van der Waals surface area (Å²) in [6.07, 6.45) is 2.58. The fraction of sp³-hybridized carbons (Fsp3) is 0. The van der Waals surface area contributed by atoms with Gasteiger partial charge in [0.2, 0.25) is 0 Å². The molecule has 0 radical (unpaired) electrons. The van der Waals surface area contributed by atoms with Crippen molar-refractivity contribution in [2.24, 2.45) is 0 Å². The molecule has 8 heteroatoms. The van der Waals surface area contributed by atoms with Crippen LogP contribution < -0.4 is 11.1 Å². The number of aromatic nitrogens is 1. The third kappa shape index (κ3) is 2.26. The fourth-order valence-electron chi connectivity index (χ4n) is 1.33. The maximum Gasteiger partial charge on any atom is 0.292 e. The van der Waals surface area contributed by atoms with Gasteiger partial charge in [0.05, 0.1) is 11.1 Å². The van der Waals surface area contributed by atoms with E-state index < -0.39 is 10.8 Å². The summed E-state index contributed by atoms with van der Waals surface area (Å²) >= 11 is 0. The SMILES string of the molecule is Nc1cc(C(=O)Nc2cnoc2)ccc1[N+](=O)[O-]. The summed E-state index contributed by atoms with van der Waals surface area (Å²) in [6.45, 7) is 0. The van der Waals surface area contributed by atoms with Crippen molar-refractivity contribution >= 4 is 23.0 Å². The predicted octanol–water partition coefficient (Wildman–Crippen LogP) is 1.42. The lowest BCUT2D eigenvalue weighted by atomic mass is 10.1. The Labute approximate surface area is 101 Å². The highest BCUT2D eigenvalue weighted by molar-refractivity contribution is 6.04. The molecule has 1 aromatic carbocycles. The Balaban J connectivity index is 2.21. The fourth-order valence-corrected chi connectivity index (χ4v) is 1.33. The first-order chi connectivity index (χ1) is 8.58. The normalized spacial score (nSPS) is 10.0. The van der Waals surface area contributed by atoms with Gasteiger partial charge >= 0.3 is 0 Å². The van der Waals surface area contributed by atoms with Crippen molar-refractivity contribution in [3.63, 3.8) is 0 Å². The number of carbonyl (C=O) groups is 1. The van der Waals surface area contributed by atoms with Crippen molar-refractivity contribution in [3.8, 4) is 0 Å². The van der Waals surface area contributed by atoms with Crippen LogP contribution in [-0.4, -0.2) is 16.0 Å². The highest BCUT2D eigenvalue weighted by Gasteiger charge is 2.14. The summed E-state index contributed by atoms with van der Waals surface area (Å²) in [4.78, 5) is 21.7. The van der Waals surface area contributed by atoms with Crippen molar-refractivity contribution in [1.82, 2.24) is 5.16 Å². The zero-order valence-corrected chi connectivity index (χ0v) is 8.99. The Morgan fingerprint density at radius 3 is 2.83 bits per heavy atom. The van der Waals surface area contributed by atoms with E-state index in [0.717, 1.165) is 0 Å². The lowest BCUT2D eigenvalue weighted by molar-refractivity contribution is -0.383. The molecule has 0 fully saturated rings. The van der Waals surface area contributed by atoms with Gasteiger partial charge in [0.1, 0.15) is 17.6 Å². The maximum absolute atomic E-state index is 11.7. The summed E-state index contributed by atoms with van der Waals surface area (Å²) in [5.74, 6) is -0.459. The van der Waals surface area contributed by atoms with Crippen LogP contribution in [0, 0.1) is 10.1 Å². The standard InChI is InChI=1S/C10H8N4O4/c11-8-3-6(1-2-9(8)14(16)17)10(15)13-7-4-12-18-5-7/h1-5H,11H2,(H,13,15). The van der Waals surface area contributed by atoms with Crippen molar-refractivity contribution in [2.75, 3.05) is 11.1 Å². The topological polar surface area (TPSA) is 124 Å². The minimum atomic E-state index is -0.614. The largest absolute Gasteiger partial charge is 0.393 e. The minimum absolute atomic E-state index is 0.0713. The van der Waals surface area contributed by atoms with Gasteiger partial charge in [-0.05, 0) is 12.1 Å². The molecule has 0 atom stereocenters. The summed E-state index contributed by atoms with van der Waals surface area (Å²) in [5, 5.41) is 16.5. The monoisotopic (exact) mass is 248 g/mol. The zero-order chi connectivity index (χ0) is 13.1. The average Bonchev–Trinajstić information content (AvgIpc) is 2.81. The van der Waals surface area contributed by atoms with E-state index in [4.69, 9.17) is 5.73 Å². The Morgan fingerprint density at radius 1 is 1.50 bits per heavy atom. The third-order valence-corrected chi connectivity index (χ3v) is 2.18. The van der Waals surface area contributed by atoms with Crippen LogP contribution in [0.1, 0.15) is 10.4 Å². The Morgan fingerprint density at radius 2 is 2.28 bits per heavy atom. The molecule has 0 aliphatic rings. The van der Waals surface area contributed by atoms with Gasteiger partial charge in [-0.3, -0.25) is 14.9 Å². The second-order valence-electron chi connectivity index (χ2n) is 3.40. The van der Waals surface area contributed by atoms with Crippen LogP contribution in [0.25, 0.3) is 0 Å². The van der Waals surface area contributed by atoms with Crippen molar-refractivity contribution < 1.29 is 14.2 Å². The van der Waals surface area contributed by atoms with Gasteiger partial charge in [0.15, 0.2) is 0 Å². The number of nitrogen functional groups attached to an aromatic ring is 1. The van der Waals surface area contributed by atoms with Crippen LogP contribution in [0.5, 0.6) is 0 Å². The first kappa shape index (κ1) is 11.6. The molecule has 3 N–H and O–H groups in total. The van der Waals surface area contributed by atoms with Crippen LogP contribution in [0.15, 0.2) is 35.2 Å². The van der Waals surface area contributed by atoms with Crippen molar-refractivity contribution in [3.05, 3.63) is 46.3 Å². The molecule has 8 nitrogen and oxygen atoms in total. The molecule has 0 spiro atoms. The van der Waals surface area contributed by atoms with E-state index in [9.17, 15) is 14.9 Å². The maximum atomic E-state index is 11.7. The Hall–Kier alpha value is -2.90. The van der Waals surface area contributed by atoms with E-state index in [2.05, 4.69) is 15.0 Å². The molecule has 0 saturated heterocycles. The first-order valence-electron chi connectivity index (χ1n) is 4.82.